The van der Waals surface area contributed by atoms with Crippen LogP contribution in [0.4, 0.5) is 0 Å². The minimum atomic E-state index is -2.69. The van der Waals surface area contributed by atoms with E-state index >= 15 is 0 Å². The third-order valence-electron chi connectivity index (χ3n) is 3.01. The summed E-state index contributed by atoms with van der Waals surface area (Å²) in [6, 6.07) is 0.655. The van der Waals surface area contributed by atoms with E-state index in [-0.39, 0.29) is 11.9 Å². The molecule has 0 heterocycles. The average Bonchev–Trinajstić information content (AvgIpc) is 2.43. The van der Waals surface area contributed by atoms with Gasteiger partial charge in [0.05, 0.1) is 6.61 Å². The Morgan fingerprint density at radius 1 is 1.05 bits per heavy atom. The van der Waals surface area contributed by atoms with E-state index in [1.54, 1.807) is 6.92 Å². The minimum absolute atomic E-state index is 0.157. The number of carbonyl (C=O) groups is 1. The van der Waals surface area contributed by atoms with E-state index < -0.39 is 8.80 Å². The van der Waals surface area contributed by atoms with Crippen LogP contribution in [0.1, 0.15) is 41.0 Å². The molecular weight excluding hydrogens is 288 g/mol. The van der Waals surface area contributed by atoms with E-state index in [2.05, 4.69) is 13.5 Å². The normalized spacial score (nSPS) is 13.0. The van der Waals surface area contributed by atoms with Crippen LogP contribution < -0.4 is 0 Å². The number of ether oxygens (including phenoxy) is 1. The first-order valence-corrected chi connectivity index (χ1v) is 9.62. The van der Waals surface area contributed by atoms with Crippen molar-refractivity contribution in [2.75, 3.05) is 26.4 Å². The summed E-state index contributed by atoms with van der Waals surface area (Å²) in [4.78, 5) is 11.5. The standard InChI is InChI=1S/C15H30O5Si/c1-7-14(11-17-15(16)13(5)6)12-21(18-8-2,19-9-3)20-10-4/h14H,5,7-12H2,1-4,6H3. The predicted octanol–water partition coefficient (Wildman–Crippen LogP) is 3.18. The molecule has 0 aliphatic heterocycles. The van der Waals surface area contributed by atoms with Crippen LogP contribution in [0.25, 0.3) is 0 Å². The molecule has 0 aromatic heterocycles. The Bertz CT molecular complexity index is 302. The lowest BCUT2D eigenvalue weighted by Gasteiger charge is -2.31. The molecule has 0 saturated heterocycles. The molecular formula is C15H30O5Si. The van der Waals surface area contributed by atoms with Gasteiger partial charge in [0.15, 0.2) is 0 Å². The van der Waals surface area contributed by atoms with Gasteiger partial charge in [0.2, 0.25) is 0 Å². The van der Waals surface area contributed by atoms with Crippen molar-refractivity contribution >= 4 is 14.8 Å². The predicted molar refractivity (Wildman–Crippen MR) is 85.0 cm³/mol. The molecule has 6 heteroatoms. The molecule has 0 N–H and O–H groups in total. The van der Waals surface area contributed by atoms with Crippen molar-refractivity contribution < 1.29 is 22.8 Å². The molecule has 0 radical (unpaired) electrons. The van der Waals surface area contributed by atoms with Crippen LogP contribution in [-0.4, -0.2) is 41.2 Å². The summed E-state index contributed by atoms with van der Waals surface area (Å²) in [6.07, 6.45) is 0.867. The molecule has 0 aromatic rings. The second kappa shape index (κ2) is 11.0. The molecule has 0 fully saturated rings. The fourth-order valence-electron chi connectivity index (χ4n) is 1.95. The fourth-order valence-corrected chi connectivity index (χ4v) is 4.99. The summed E-state index contributed by atoms with van der Waals surface area (Å²) in [6.45, 7) is 15.1. The van der Waals surface area contributed by atoms with Crippen LogP contribution in [0.2, 0.25) is 6.04 Å². The molecule has 5 nitrogen and oxygen atoms in total. The first-order valence-electron chi connectivity index (χ1n) is 7.69. The lowest BCUT2D eigenvalue weighted by molar-refractivity contribution is -0.140. The zero-order valence-corrected chi connectivity index (χ0v) is 15.1. The number of carbonyl (C=O) groups excluding carboxylic acids is 1. The van der Waals surface area contributed by atoms with Gasteiger partial charge in [0, 0.05) is 31.4 Å². The summed E-state index contributed by atoms with van der Waals surface area (Å²) < 4.78 is 22.8. The number of hydrogen-bond acceptors (Lipinski definition) is 5. The maximum absolute atomic E-state index is 11.5. The first kappa shape index (κ1) is 20.3. The maximum Gasteiger partial charge on any atom is 0.501 e. The van der Waals surface area contributed by atoms with Gasteiger partial charge >= 0.3 is 14.8 Å². The Balaban J connectivity index is 4.74. The third kappa shape index (κ3) is 7.76. The molecule has 0 bridgehead atoms. The van der Waals surface area contributed by atoms with E-state index in [4.69, 9.17) is 18.0 Å². The van der Waals surface area contributed by atoms with Crippen molar-refractivity contribution in [2.24, 2.45) is 5.92 Å². The van der Waals surface area contributed by atoms with Gasteiger partial charge in [-0.15, -0.1) is 0 Å². The molecule has 21 heavy (non-hydrogen) atoms. The maximum atomic E-state index is 11.5. The van der Waals surface area contributed by atoms with Crippen LogP contribution in [0.15, 0.2) is 12.2 Å². The minimum Gasteiger partial charge on any atom is -0.462 e. The molecule has 0 aromatic carbocycles. The second-order valence-electron chi connectivity index (χ2n) is 4.84. The van der Waals surface area contributed by atoms with Crippen LogP contribution >= 0.6 is 0 Å². The molecule has 0 aliphatic carbocycles. The zero-order valence-electron chi connectivity index (χ0n) is 14.1. The van der Waals surface area contributed by atoms with Gasteiger partial charge in [-0.05, 0) is 33.6 Å². The van der Waals surface area contributed by atoms with Gasteiger partial charge in [-0.3, -0.25) is 0 Å². The summed E-state index contributed by atoms with van der Waals surface area (Å²) >= 11 is 0. The monoisotopic (exact) mass is 318 g/mol. The van der Waals surface area contributed by atoms with E-state index in [9.17, 15) is 4.79 Å². The topological polar surface area (TPSA) is 54.0 Å². The van der Waals surface area contributed by atoms with Gasteiger partial charge in [-0.1, -0.05) is 19.9 Å². The molecule has 0 saturated carbocycles. The van der Waals surface area contributed by atoms with E-state index in [0.29, 0.717) is 38.0 Å². The van der Waals surface area contributed by atoms with E-state index in [1.807, 2.05) is 20.8 Å². The Hall–Kier alpha value is -0.693. The zero-order chi connectivity index (χ0) is 16.3. The summed E-state index contributed by atoms with van der Waals surface area (Å²) in [5.74, 6) is -0.199. The average molecular weight is 318 g/mol. The second-order valence-corrected chi connectivity index (χ2v) is 7.48. The summed E-state index contributed by atoms with van der Waals surface area (Å²) in [7, 11) is -2.69. The highest BCUT2D eigenvalue weighted by Crippen LogP contribution is 2.24. The molecule has 124 valence electrons. The van der Waals surface area contributed by atoms with Crippen molar-refractivity contribution in [2.45, 2.75) is 47.1 Å². The molecule has 0 spiro atoms. The highest BCUT2D eigenvalue weighted by Gasteiger charge is 2.42. The number of hydrogen-bond donors (Lipinski definition) is 0. The van der Waals surface area contributed by atoms with Crippen LogP contribution in [0.3, 0.4) is 0 Å². The van der Waals surface area contributed by atoms with Crippen LogP contribution in [0.5, 0.6) is 0 Å². The van der Waals surface area contributed by atoms with Crippen LogP contribution in [0, 0.1) is 5.92 Å². The van der Waals surface area contributed by atoms with Crippen molar-refractivity contribution in [1.82, 2.24) is 0 Å². The summed E-state index contributed by atoms with van der Waals surface area (Å²) in [5.41, 5.74) is 0.410. The lowest BCUT2D eigenvalue weighted by Crippen LogP contribution is -2.48. The Labute approximate surface area is 130 Å². The highest BCUT2D eigenvalue weighted by molar-refractivity contribution is 6.60. The molecule has 1 unspecified atom stereocenters. The van der Waals surface area contributed by atoms with E-state index in [1.165, 1.54) is 0 Å². The highest BCUT2D eigenvalue weighted by atomic mass is 28.4. The fraction of sp³-hybridized carbons (Fsp3) is 0.800. The third-order valence-corrected chi connectivity index (χ3v) is 6.27. The van der Waals surface area contributed by atoms with Crippen molar-refractivity contribution in [1.29, 1.82) is 0 Å². The number of rotatable bonds is 12. The van der Waals surface area contributed by atoms with Crippen molar-refractivity contribution in [3.63, 3.8) is 0 Å². The lowest BCUT2D eigenvalue weighted by atomic mass is 10.1. The van der Waals surface area contributed by atoms with Gasteiger partial charge < -0.3 is 18.0 Å². The Morgan fingerprint density at radius 2 is 1.52 bits per heavy atom. The van der Waals surface area contributed by atoms with Crippen LogP contribution in [-0.2, 0) is 22.8 Å². The molecule has 0 amide bonds. The Morgan fingerprint density at radius 3 is 1.86 bits per heavy atom. The molecule has 0 aliphatic rings. The molecule has 0 rings (SSSR count). The van der Waals surface area contributed by atoms with Gasteiger partial charge in [0.25, 0.3) is 0 Å². The van der Waals surface area contributed by atoms with Gasteiger partial charge in [-0.2, -0.15) is 0 Å². The number of esters is 1. The van der Waals surface area contributed by atoms with Crippen molar-refractivity contribution in [3.8, 4) is 0 Å². The van der Waals surface area contributed by atoms with Crippen molar-refractivity contribution in [3.05, 3.63) is 12.2 Å². The smallest absolute Gasteiger partial charge is 0.462 e. The first-order chi connectivity index (χ1) is 9.94. The van der Waals surface area contributed by atoms with Gasteiger partial charge in [0.1, 0.15) is 0 Å². The quantitative estimate of drug-likeness (QED) is 0.314. The van der Waals surface area contributed by atoms with E-state index in [0.717, 1.165) is 6.42 Å². The summed E-state index contributed by atoms with van der Waals surface area (Å²) in [5, 5.41) is 0. The Kier molecular flexibility index (Phi) is 10.6. The molecule has 1 atom stereocenters. The SMILES string of the molecule is C=C(C)C(=O)OCC(CC)C[Si](OCC)(OCC)OCC. The largest absolute Gasteiger partial charge is 0.501 e. The van der Waals surface area contributed by atoms with Gasteiger partial charge in [-0.25, -0.2) is 4.79 Å².